The van der Waals surface area contributed by atoms with Gasteiger partial charge in [0, 0.05) is 0 Å². The largest absolute Gasteiger partial charge is 0.468 e. The number of para-hydroxylation sites is 1. The van der Waals surface area contributed by atoms with Crippen LogP contribution in [0, 0.1) is 0 Å². The predicted molar refractivity (Wildman–Crippen MR) is 130 cm³/mol. The van der Waals surface area contributed by atoms with Crippen molar-refractivity contribution in [3.05, 3.63) is 54.6 Å². The van der Waals surface area contributed by atoms with Crippen LogP contribution in [0.3, 0.4) is 0 Å². The van der Waals surface area contributed by atoms with Crippen LogP contribution in [0.4, 0.5) is 0 Å². The Hall–Kier alpha value is -2.59. The minimum absolute atomic E-state index is 0.183. The zero-order chi connectivity index (χ0) is 27.4. The molecule has 1 aliphatic rings. The van der Waals surface area contributed by atoms with Gasteiger partial charge in [-0.05, 0) is 50.2 Å². The van der Waals surface area contributed by atoms with Crippen molar-refractivity contribution < 1.29 is 49.9 Å². The molecule has 0 saturated carbocycles. The molecule has 0 spiro atoms. The van der Waals surface area contributed by atoms with Crippen LogP contribution in [-0.2, 0) is 43.3 Å². The molecule has 0 aliphatic carbocycles. The number of benzene rings is 2. The quantitative estimate of drug-likeness (QED) is 0.300. The Morgan fingerprint density at radius 1 is 1.00 bits per heavy atom. The first-order valence-corrected chi connectivity index (χ1v) is 14.3. The lowest BCUT2D eigenvalue weighted by molar-refractivity contribution is -0.161. The lowest BCUT2D eigenvalue weighted by atomic mass is 10.0. The molecule has 1 saturated heterocycles. The van der Waals surface area contributed by atoms with Crippen LogP contribution in [0.2, 0.25) is 0 Å². The number of ether oxygens (including phenoxy) is 4. The average Bonchev–Trinajstić information content (AvgIpc) is 3.16. The number of esters is 1. The maximum Gasteiger partial charge on any atom is 0.326 e. The van der Waals surface area contributed by atoms with Crippen molar-refractivity contribution in [1.29, 1.82) is 0 Å². The predicted octanol–water partition coefficient (Wildman–Crippen LogP) is 1.16. The topological polar surface area (TPSA) is 164 Å². The van der Waals surface area contributed by atoms with Crippen molar-refractivity contribution in [1.82, 2.24) is 4.72 Å². The van der Waals surface area contributed by atoms with Crippen LogP contribution in [0.15, 0.2) is 59.5 Å². The van der Waals surface area contributed by atoms with Crippen molar-refractivity contribution in [3.63, 3.8) is 0 Å². The molecule has 0 bridgehead atoms. The van der Waals surface area contributed by atoms with Gasteiger partial charge in [0.15, 0.2) is 5.79 Å². The van der Waals surface area contributed by atoms with Crippen LogP contribution >= 0.6 is 0 Å². The van der Waals surface area contributed by atoms with Gasteiger partial charge in [0.1, 0.15) is 35.9 Å². The van der Waals surface area contributed by atoms with Gasteiger partial charge >= 0.3 is 5.97 Å². The van der Waals surface area contributed by atoms with Crippen molar-refractivity contribution in [2.24, 2.45) is 0 Å². The first-order valence-electron chi connectivity index (χ1n) is 11.0. The van der Waals surface area contributed by atoms with E-state index in [0.29, 0.717) is 11.5 Å². The Kier molecular flexibility index (Phi) is 8.95. The van der Waals surface area contributed by atoms with E-state index in [2.05, 4.69) is 8.91 Å². The molecule has 14 heteroatoms. The van der Waals surface area contributed by atoms with Gasteiger partial charge in [0.2, 0.25) is 10.0 Å². The van der Waals surface area contributed by atoms with Gasteiger partial charge in [0.05, 0.1) is 24.9 Å². The lowest BCUT2D eigenvalue weighted by Crippen LogP contribution is -2.55. The highest BCUT2D eigenvalue weighted by Crippen LogP contribution is 2.33. The summed E-state index contributed by atoms with van der Waals surface area (Å²) >= 11 is 0. The highest BCUT2D eigenvalue weighted by atomic mass is 32.2. The van der Waals surface area contributed by atoms with Crippen molar-refractivity contribution in [2.45, 2.75) is 48.9 Å². The molecule has 4 atom stereocenters. The molecule has 0 aromatic heterocycles. The maximum absolute atomic E-state index is 13.2. The first-order chi connectivity index (χ1) is 17.2. The Labute approximate surface area is 215 Å². The fourth-order valence-corrected chi connectivity index (χ4v) is 5.17. The molecule has 2 N–H and O–H groups in total. The van der Waals surface area contributed by atoms with Gasteiger partial charge in [0.25, 0.3) is 10.1 Å². The van der Waals surface area contributed by atoms with Gasteiger partial charge < -0.3 is 24.1 Å². The monoisotopic (exact) mass is 559 g/mol. The van der Waals surface area contributed by atoms with Crippen LogP contribution in [-0.4, -0.2) is 78.0 Å². The smallest absolute Gasteiger partial charge is 0.326 e. The summed E-state index contributed by atoms with van der Waals surface area (Å²) in [7, 11) is -7.15. The molecule has 0 unspecified atom stereocenters. The van der Waals surface area contributed by atoms with E-state index in [4.69, 9.17) is 18.9 Å². The molecule has 12 nitrogen and oxygen atoms in total. The van der Waals surface area contributed by atoms with Gasteiger partial charge in [-0.3, -0.25) is 8.98 Å². The number of hydrogen-bond donors (Lipinski definition) is 2. The molecule has 0 radical (unpaired) electrons. The summed E-state index contributed by atoms with van der Waals surface area (Å²) < 4.78 is 77.7. The normalized spacial score (nSPS) is 21.2. The fraction of sp³-hybridized carbons (Fsp3) is 0.435. The zero-order valence-corrected chi connectivity index (χ0v) is 22.2. The van der Waals surface area contributed by atoms with E-state index in [1.165, 1.54) is 38.1 Å². The first kappa shape index (κ1) is 29.0. The van der Waals surface area contributed by atoms with E-state index in [1.54, 1.807) is 24.3 Å². The third-order valence-electron chi connectivity index (χ3n) is 5.17. The number of sulfonamides is 1. The number of carbonyl (C=O) groups is 1. The standard InChI is InChI=1S/C23H29NO11S2/c1-23(2)34-20(18(25)14-32-36(4,27)28)21(35-23)19(22(26)31-3)24-37(29,30)17-12-10-16(11-13-17)33-15-8-6-5-7-9-15/h5-13,18-21,24-25H,14H2,1-4H3/t18-,19+,20+,21+/m0/s1. The summed E-state index contributed by atoms with van der Waals surface area (Å²) in [4.78, 5) is 12.5. The summed E-state index contributed by atoms with van der Waals surface area (Å²) in [5.41, 5.74) is 0. The van der Waals surface area contributed by atoms with Gasteiger partial charge in [-0.1, -0.05) is 18.2 Å². The second-order valence-electron chi connectivity index (χ2n) is 8.63. The molecule has 2 aromatic carbocycles. The van der Waals surface area contributed by atoms with Crippen molar-refractivity contribution >= 4 is 26.1 Å². The third kappa shape index (κ3) is 7.95. The number of nitrogens with one attached hydrogen (secondary N) is 1. The highest BCUT2D eigenvalue weighted by molar-refractivity contribution is 7.89. The number of aliphatic hydroxyl groups excluding tert-OH is 1. The van der Waals surface area contributed by atoms with Crippen LogP contribution in [0.25, 0.3) is 0 Å². The Bertz CT molecular complexity index is 1280. The molecule has 37 heavy (non-hydrogen) atoms. The van der Waals surface area contributed by atoms with E-state index in [9.17, 15) is 26.7 Å². The Balaban J connectivity index is 1.83. The molecule has 3 rings (SSSR count). The number of hydrogen-bond acceptors (Lipinski definition) is 11. The van der Waals surface area contributed by atoms with Crippen LogP contribution in [0.1, 0.15) is 13.8 Å². The summed E-state index contributed by atoms with van der Waals surface area (Å²) in [6.45, 7) is 2.26. The number of rotatable bonds is 11. The van der Waals surface area contributed by atoms with Gasteiger partial charge in [-0.25, -0.2) is 8.42 Å². The van der Waals surface area contributed by atoms with Crippen LogP contribution < -0.4 is 9.46 Å². The van der Waals surface area contributed by atoms with E-state index >= 15 is 0 Å². The van der Waals surface area contributed by atoms with E-state index in [0.717, 1.165) is 13.4 Å². The summed E-state index contributed by atoms with van der Waals surface area (Å²) in [6, 6.07) is 12.7. The molecular weight excluding hydrogens is 530 g/mol. The second-order valence-corrected chi connectivity index (χ2v) is 12.0. The fourth-order valence-electron chi connectivity index (χ4n) is 3.58. The van der Waals surface area contributed by atoms with Crippen molar-refractivity contribution in [3.8, 4) is 11.5 Å². The number of aliphatic hydroxyl groups is 1. The minimum atomic E-state index is -4.31. The summed E-state index contributed by atoms with van der Waals surface area (Å²) in [6.07, 6.45) is -3.52. The van der Waals surface area contributed by atoms with E-state index in [-0.39, 0.29) is 4.90 Å². The van der Waals surface area contributed by atoms with E-state index < -0.39 is 62.9 Å². The summed E-state index contributed by atoms with van der Waals surface area (Å²) in [5, 5.41) is 10.5. The molecule has 2 aromatic rings. The molecule has 0 amide bonds. The number of methoxy groups -OCH3 is 1. The Morgan fingerprint density at radius 3 is 2.14 bits per heavy atom. The molecule has 1 fully saturated rings. The molecule has 1 heterocycles. The molecular formula is C23H29NO11S2. The minimum Gasteiger partial charge on any atom is -0.468 e. The maximum atomic E-state index is 13.2. The molecule has 204 valence electrons. The average molecular weight is 560 g/mol. The summed E-state index contributed by atoms with van der Waals surface area (Å²) in [5.74, 6) is -1.42. The highest BCUT2D eigenvalue weighted by Gasteiger charge is 2.52. The van der Waals surface area contributed by atoms with Crippen molar-refractivity contribution in [2.75, 3.05) is 20.0 Å². The Morgan fingerprint density at radius 2 is 1.57 bits per heavy atom. The van der Waals surface area contributed by atoms with Gasteiger partial charge in [-0.2, -0.15) is 13.1 Å². The van der Waals surface area contributed by atoms with Gasteiger partial charge in [-0.15, -0.1) is 0 Å². The lowest BCUT2D eigenvalue weighted by Gasteiger charge is -2.27. The third-order valence-corrected chi connectivity index (χ3v) is 7.20. The van der Waals surface area contributed by atoms with E-state index in [1.807, 2.05) is 6.07 Å². The van der Waals surface area contributed by atoms with Crippen LogP contribution in [0.5, 0.6) is 11.5 Å². The second kappa shape index (κ2) is 11.4. The zero-order valence-electron chi connectivity index (χ0n) is 20.6. The number of carbonyl (C=O) groups excluding carboxylic acids is 1. The SMILES string of the molecule is COC(=O)[C@H](NS(=O)(=O)c1ccc(Oc2ccccc2)cc1)[C@H]1OC(C)(C)O[C@@H]1[C@@H](O)COS(C)(=O)=O. The molecule has 1 aliphatic heterocycles.